The molecule has 6 atom stereocenters. The van der Waals surface area contributed by atoms with Crippen LogP contribution < -0.4 is 0 Å². The largest absolute Gasteiger partial charge is 0.390 e. The Balaban J connectivity index is 1.15. The number of β-amino-alcohol motifs (C(OH)–C–C–N with tert-alkyl or cyclic N) is 1. The van der Waals surface area contributed by atoms with E-state index in [0.29, 0.717) is 17.9 Å². The molecular weight excluding hydrogens is 432 g/mol. The van der Waals surface area contributed by atoms with Crippen molar-refractivity contribution in [3.63, 3.8) is 0 Å². The van der Waals surface area contributed by atoms with Gasteiger partial charge in [-0.3, -0.25) is 9.88 Å². The van der Waals surface area contributed by atoms with Crippen molar-refractivity contribution < 1.29 is 9.84 Å². The Morgan fingerprint density at radius 3 is 2.91 bits per heavy atom. The molecule has 6 aliphatic rings. The molecule has 8 rings (SSSR count). The van der Waals surface area contributed by atoms with Gasteiger partial charge in [-0.25, -0.2) is 0 Å². The van der Waals surface area contributed by atoms with E-state index in [0.717, 1.165) is 45.2 Å². The zero-order chi connectivity index (χ0) is 23.4. The first-order valence-corrected chi connectivity index (χ1v) is 13.6. The maximum absolute atomic E-state index is 9.87. The van der Waals surface area contributed by atoms with Crippen LogP contribution in [0.1, 0.15) is 56.9 Å². The SMILES string of the molecule is CC12CC=C3C=C4CCC(N5CC(O)C5)C[C@]45CC[C@]3(O5)[C@@H]1C=CC2c1ccc2ccncc2c1. The average Bonchev–Trinajstić information content (AvgIpc) is 3.36. The third-order valence-electron chi connectivity index (χ3n) is 10.6. The second-order valence-electron chi connectivity index (χ2n) is 12.4. The zero-order valence-electron chi connectivity index (χ0n) is 20.5. The number of ether oxygens (including phenoxy) is 1. The van der Waals surface area contributed by atoms with E-state index in [2.05, 4.69) is 65.4 Å². The maximum atomic E-state index is 9.87. The molecule has 1 N–H and O–H groups in total. The number of rotatable bonds is 2. The van der Waals surface area contributed by atoms with E-state index < -0.39 is 0 Å². The molecule has 3 unspecified atom stereocenters. The molecule has 2 spiro atoms. The van der Waals surface area contributed by atoms with Crippen molar-refractivity contribution in [1.82, 2.24) is 9.88 Å². The first kappa shape index (κ1) is 20.9. The Morgan fingerprint density at radius 1 is 1.11 bits per heavy atom. The van der Waals surface area contributed by atoms with Crippen LogP contribution in [0.25, 0.3) is 10.8 Å². The first-order chi connectivity index (χ1) is 17.0. The van der Waals surface area contributed by atoms with Gasteiger partial charge < -0.3 is 9.84 Å². The Bertz CT molecular complexity index is 1320. The van der Waals surface area contributed by atoms with Crippen molar-refractivity contribution >= 4 is 10.8 Å². The van der Waals surface area contributed by atoms with E-state index in [1.54, 1.807) is 5.57 Å². The summed E-state index contributed by atoms with van der Waals surface area (Å²) in [5.41, 5.74) is 4.23. The van der Waals surface area contributed by atoms with Crippen LogP contribution in [-0.2, 0) is 4.74 Å². The highest BCUT2D eigenvalue weighted by Crippen LogP contribution is 2.67. The van der Waals surface area contributed by atoms with Crippen LogP contribution in [-0.4, -0.2) is 51.4 Å². The van der Waals surface area contributed by atoms with Gasteiger partial charge in [0.25, 0.3) is 0 Å². The van der Waals surface area contributed by atoms with Crippen LogP contribution in [0.15, 0.2) is 72.1 Å². The van der Waals surface area contributed by atoms with E-state index in [1.807, 2.05) is 12.4 Å². The molecule has 0 amide bonds. The van der Waals surface area contributed by atoms with Gasteiger partial charge in [0, 0.05) is 48.7 Å². The van der Waals surface area contributed by atoms with Gasteiger partial charge in [-0.2, -0.15) is 0 Å². The van der Waals surface area contributed by atoms with E-state index >= 15 is 0 Å². The number of aliphatic hydroxyl groups is 1. The van der Waals surface area contributed by atoms with Crippen molar-refractivity contribution in [2.45, 2.75) is 74.7 Å². The third-order valence-corrected chi connectivity index (χ3v) is 10.6. The van der Waals surface area contributed by atoms with Crippen molar-refractivity contribution in [3.8, 4) is 0 Å². The van der Waals surface area contributed by atoms with Crippen LogP contribution in [0.4, 0.5) is 0 Å². The van der Waals surface area contributed by atoms with Gasteiger partial charge in [0.15, 0.2) is 0 Å². The minimum Gasteiger partial charge on any atom is -0.390 e. The van der Waals surface area contributed by atoms with E-state index in [-0.39, 0.29) is 22.7 Å². The summed E-state index contributed by atoms with van der Waals surface area (Å²) in [4.78, 5) is 6.85. The molecule has 2 aromatic rings. The van der Waals surface area contributed by atoms with Crippen molar-refractivity contribution in [2.75, 3.05) is 13.1 Å². The lowest BCUT2D eigenvalue weighted by molar-refractivity contribution is -0.140. The summed E-state index contributed by atoms with van der Waals surface area (Å²) in [6, 6.07) is 9.57. The second-order valence-corrected chi connectivity index (χ2v) is 12.4. The summed E-state index contributed by atoms with van der Waals surface area (Å²) in [6.07, 6.45) is 20.6. The predicted molar refractivity (Wildman–Crippen MR) is 137 cm³/mol. The number of aliphatic hydroxyl groups excluding tert-OH is 1. The molecule has 3 aliphatic heterocycles. The quantitative estimate of drug-likeness (QED) is 0.611. The molecule has 3 aliphatic carbocycles. The van der Waals surface area contributed by atoms with E-state index in [9.17, 15) is 5.11 Å². The van der Waals surface area contributed by atoms with Gasteiger partial charge in [-0.15, -0.1) is 0 Å². The fourth-order valence-corrected chi connectivity index (χ4v) is 8.73. The lowest BCUT2D eigenvalue weighted by Crippen LogP contribution is -2.60. The number of hydrogen-bond acceptors (Lipinski definition) is 4. The molecule has 3 fully saturated rings. The Morgan fingerprint density at radius 2 is 2.03 bits per heavy atom. The monoisotopic (exact) mass is 466 g/mol. The second kappa shape index (κ2) is 6.94. The molecule has 180 valence electrons. The summed E-state index contributed by atoms with van der Waals surface area (Å²) < 4.78 is 7.40. The minimum absolute atomic E-state index is 0.0976. The van der Waals surface area contributed by atoms with Crippen LogP contribution in [0.5, 0.6) is 0 Å². The normalized spacial score (nSPS) is 42.2. The number of fused-ring (bicyclic) bond motifs is 2. The zero-order valence-corrected chi connectivity index (χ0v) is 20.5. The molecule has 4 nitrogen and oxygen atoms in total. The number of nitrogens with zero attached hydrogens (tertiary/aromatic N) is 2. The average molecular weight is 467 g/mol. The summed E-state index contributed by atoms with van der Waals surface area (Å²) in [5, 5.41) is 12.3. The number of aromatic nitrogens is 1. The molecular formula is C31H34N2O2. The van der Waals surface area contributed by atoms with E-state index in [1.165, 1.54) is 28.3 Å². The van der Waals surface area contributed by atoms with Gasteiger partial charge in [-0.1, -0.05) is 43.4 Å². The molecule has 4 heteroatoms. The van der Waals surface area contributed by atoms with Gasteiger partial charge in [0.05, 0.1) is 11.7 Å². The van der Waals surface area contributed by atoms with Gasteiger partial charge >= 0.3 is 0 Å². The summed E-state index contributed by atoms with van der Waals surface area (Å²) in [6.45, 7) is 4.17. The van der Waals surface area contributed by atoms with Gasteiger partial charge in [0.2, 0.25) is 0 Å². The number of pyridine rings is 1. The highest BCUT2D eigenvalue weighted by Gasteiger charge is 2.65. The van der Waals surface area contributed by atoms with Crippen molar-refractivity contribution in [1.29, 1.82) is 0 Å². The molecule has 4 heterocycles. The Kier molecular flexibility index (Phi) is 4.14. The molecule has 1 aromatic carbocycles. The predicted octanol–water partition coefficient (Wildman–Crippen LogP) is 5.30. The molecule has 1 aromatic heterocycles. The molecule has 35 heavy (non-hydrogen) atoms. The standard InChI is InChI=1S/C31H34N2O2/c1-29-10-8-24-15-23-4-5-25(33-18-26(34)19-33)16-30(23)11-12-31(24,35-30)28(29)7-6-27(29)21-3-2-20-9-13-32-17-22(20)14-21/h2-3,6-9,13-15,17,25-28,34H,4-5,10-12,16,18-19H2,1H3/t25?,27?,28-,29?,30-,31-/m1/s1. The van der Waals surface area contributed by atoms with Crippen LogP contribution in [0.3, 0.4) is 0 Å². The summed E-state index contributed by atoms with van der Waals surface area (Å²) >= 11 is 0. The molecule has 0 radical (unpaired) electrons. The highest BCUT2D eigenvalue weighted by atomic mass is 16.5. The van der Waals surface area contributed by atoms with Gasteiger partial charge in [-0.05, 0) is 78.2 Å². The topological polar surface area (TPSA) is 45.6 Å². The lowest BCUT2D eigenvalue weighted by atomic mass is 9.57. The molecule has 1 saturated carbocycles. The fourth-order valence-electron chi connectivity index (χ4n) is 8.73. The van der Waals surface area contributed by atoms with Gasteiger partial charge in [0.1, 0.15) is 5.60 Å². The summed E-state index contributed by atoms with van der Waals surface area (Å²) in [5.74, 6) is 0.782. The highest BCUT2D eigenvalue weighted by molar-refractivity contribution is 5.82. The smallest absolute Gasteiger partial charge is 0.101 e. The van der Waals surface area contributed by atoms with Crippen molar-refractivity contribution in [3.05, 3.63) is 77.7 Å². The fraction of sp³-hybridized carbons (Fsp3) is 0.516. The summed E-state index contributed by atoms with van der Waals surface area (Å²) in [7, 11) is 0. The van der Waals surface area contributed by atoms with E-state index in [4.69, 9.17) is 4.74 Å². The minimum atomic E-state index is -0.184. The van der Waals surface area contributed by atoms with Crippen LogP contribution in [0, 0.1) is 11.3 Å². The van der Waals surface area contributed by atoms with Crippen LogP contribution in [0.2, 0.25) is 0 Å². The molecule has 2 bridgehead atoms. The number of benzene rings is 1. The van der Waals surface area contributed by atoms with Crippen LogP contribution >= 0.6 is 0 Å². The number of hydrogen-bond donors (Lipinski definition) is 1. The Hall–Kier alpha value is -2.27. The number of allylic oxidation sites excluding steroid dienone is 2. The van der Waals surface area contributed by atoms with Crippen molar-refractivity contribution in [2.24, 2.45) is 11.3 Å². The lowest BCUT2D eigenvalue weighted by Gasteiger charge is -2.55. The first-order valence-electron chi connectivity index (χ1n) is 13.6. The Labute approximate surface area is 207 Å². The molecule has 2 saturated heterocycles. The number of likely N-dealkylation sites (tertiary alicyclic amines) is 1. The third kappa shape index (κ3) is 2.71. The maximum Gasteiger partial charge on any atom is 0.101 e.